The number of hydrogen-bond donors (Lipinski definition) is 2. The molecule has 0 radical (unpaired) electrons. The molecule has 0 fully saturated rings. The second-order valence-corrected chi connectivity index (χ2v) is 5.81. The van der Waals surface area contributed by atoms with Crippen molar-refractivity contribution in [1.82, 2.24) is 4.98 Å². The predicted molar refractivity (Wildman–Crippen MR) is 75.4 cm³/mol. The van der Waals surface area contributed by atoms with Crippen molar-refractivity contribution in [2.45, 2.75) is 11.8 Å². The van der Waals surface area contributed by atoms with Crippen LogP contribution in [0.2, 0.25) is 0 Å². The summed E-state index contributed by atoms with van der Waals surface area (Å²) in [6.45, 7) is 1.74. The molecular formula is C13H12N4O2S. The minimum Gasteiger partial charge on any atom is -0.398 e. The zero-order chi connectivity index (χ0) is 14.8. The van der Waals surface area contributed by atoms with Crippen LogP contribution in [0.1, 0.15) is 11.1 Å². The number of nitrogens with zero attached hydrogens (tertiary/aromatic N) is 2. The van der Waals surface area contributed by atoms with Gasteiger partial charge in [-0.3, -0.25) is 9.71 Å². The highest BCUT2D eigenvalue weighted by Crippen LogP contribution is 2.23. The van der Waals surface area contributed by atoms with Gasteiger partial charge in [0, 0.05) is 12.4 Å². The van der Waals surface area contributed by atoms with E-state index in [1.165, 1.54) is 24.5 Å². The Hall–Kier alpha value is -2.59. The maximum atomic E-state index is 12.3. The lowest BCUT2D eigenvalue weighted by Gasteiger charge is -2.11. The number of nitrogens with one attached hydrogen (secondary N) is 1. The molecule has 0 unspecified atom stereocenters. The number of sulfonamides is 1. The van der Waals surface area contributed by atoms with E-state index in [4.69, 9.17) is 11.0 Å². The van der Waals surface area contributed by atoms with Crippen molar-refractivity contribution in [3.8, 4) is 6.07 Å². The smallest absolute Gasteiger partial charge is 0.265 e. The van der Waals surface area contributed by atoms with Crippen LogP contribution in [0.25, 0.3) is 0 Å². The van der Waals surface area contributed by atoms with Crippen LogP contribution < -0.4 is 10.5 Å². The van der Waals surface area contributed by atoms with Crippen LogP contribution >= 0.6 is 0 Å². The van der Waals surface area contributed by atoms with Crippen LogP contribution in [0.15, 0.2) is 41.6 Å². The molecular weight excluding hydrogens is 276 g/mol. The number of benzene rings is 1. The van der Waals surface area contributed by atoms with Gasteiger partial charge in [0.05, 0.1) is 23.0 Å². The molecule has 0 amide bonds. The van der Waals surface area contributed by atoms with Gasteiger partial charge in [-0.25, -0.2) is 8.42 Å². The van der Waals surface area contributed by atoms with E-state index in [2.05, 4.69) is 9.71 Å². The predicted octanol–water partition coefficient (Wildman–Crippen LogP) is 1.64. The fraction of sp³-hybridized carbons (Fsp3) is 0.0769. The molecule has 0 bridgehead atoms. The van der Waals surface area contributed by atoms with Gasteiger partial charge in [0.2, 0.25) is 0 Å². The highest BCUT2D eigenvalue weighted by Gasteiger charge is 2.18. The number of nitrogens with two attached hydrogens (primary N) is 1. The largest absolute Gasteiger partial charge is 0.398 e. The van der Waals surface area contributed by atoms with Crippen molar-refractivity contribution in [3.05, 3.63) is 47.8 Å². The van der Waals surface area contributed by atoms with E-state index in [-0.39, 0.29) is 10.6 Å². The molecule has 102 valence electrons. The van der Waals surface area contributed by atoms with Gasteiger partial charge in [-0.05, 0) is 30.7 Å². The fourth-order valence-electron chi connectivity index (χ4n) is 1.62. The lowest BCUT2D eigenvalue weighted by molar-refractivity contribution is 0.601. The molecule has 1 heterocycles. The number of nitrogen functional groups attached to an aromatic ring is 1. The number of anilines is 2. The Kier molecular flexibility index (Phi) is 3.59. The van der Waals surface area contributed by atoms with Gasteiger partial charge in [0.25, 0.3) is 10.0 Å². The number of hydrogen-bond acceptors (Lipinski definition) is 5. The van der Waals surface area contributed by atoms with Gasteiger partial charge in [-0.2, -0.15) is 5.26 Å². The standard InChI is InChI=1S/C13H12N4O2S/c1-9-2-3-10(7-14)6-12(9)17-20(18,19)13-8-16-5-4-11(13)15/h2-6,8,17H,1H3,(H2,15,16). The van der Waals surface area contributed by atoms with Gasteiger partial charge in [-0.15, -0.1) is 0 Å². The van der Waals surface area contributed by atoms with Crippen LogP contribution in [-0.4, -0.2) is 13.4 Å². The van der Waals surface area contributed by atoms with Crippen molar-refractivity contribution in [1.29, 1.82) is 5.26 Å². The van der Waals surface area contributed by atoms with Crippen molar-refractivity contribution >= 4 is 21.4 Å². The first-order valence-corrected chi connectivity index (χ1v) is 7.15. The molecule has 2 rings (SSSR count). The van der Waals surface area contributed by atoms with Crippen LogP contribution in [0, 0.1) is 18.3 Å². The second-order valence-electron chi connectivity index (χ2n) is 4.16. The third kappa shape index (κ3) is 2.70. The highest BCUT2D eigenvalue weighted by atomic mass is 32.2. The summed E-state index contributed by atoms with van der Waals surface area (Å²) in [5.41, 5.74) is 7.17. The lowest BCUT2D eigenvalue weighted by atomic mass is 10.1. The SMILES string of the molecule is Cc1ccc(C#N)cc1NS(=O)(=O)c1cnccc1N. The average Bonchev–Trinajstić information content (AvgIpc) is 2.41. The molecule has 0 aliphatic rings. The Morgan fingerprint density at radius 2 is 2.10 bits per heavy atom. The van der Waals surface area contributed by atoms with Crippen molar-refractivity contribution < 1.29 is 8.42 Å². The number of rotatable bonds is 3. The van der Waals surface area contributed by atoms with Gasteiger partial charge in [-0.1, -0.05) is 6.07 Å². The van der Waals surface area contributed by atoms with E-state index in [9.17, 15) is 8.42 Å². The van der Waals surface area contributed by atoms with Crippen LogP contribution in [0.5, 0.6) is 0 Å². The summed E-state index contributed by atoms with van der Waals surface area (Å²) in [5.74, 6) is 0. The average molecular weight is 288 g/mol. The molecule has 0 saturated carbocycles. The maximum absolute atomic E-state index is 12.3. The summed E-state index contributed by atoms with van der Waals surface area (Å²) < 4.78 is 26.9. The van der Waals surface area contributed by atoms with Gasteiger partial charge in [0.1, 0.15) is 4.90 Å². The number of nitriles is 1. The van der Waals surface area contributed by atoms with Crippen LogP contribution in [0.3, 0.4) is 0 Å². The minimum atomic E-state index is -3.84. The van der Waals surface area contributed by atoms with Gasteiger partial charge >= 0.3 is 0 Å². The first kappa shape index (κ1) is 13.8. The summed E-state index contributed by atoms with van der Waals surface area (Å²) >= 11 is 0. The molecule has 6 nitrogen and oxygen atoms in total. The summed E-state index contributed by atoms with van der Waals surface area (Å²) in [6.07, 6.45) is 2.59. The van der Waals surface area contributed by atoms with E-state index in [0.29, 0.717) is 16.8 Å². The summed E-state index contributed by atoms with van der Waals surface area (Å²) in [7, 11) is -3.84. The van der Waals surface area contributed by atoms with Gasteiger partial charge < -0.3 is 5.73 Å². The molecule has 0 saturated heterocycles. The Labute approximate surface area is 116 Å². The summed E-state index contributed by atoms with van der Waals surface area (Å²) in [6, 6.07) is 8.13. The second kappa shape index (κ2) is 5.19. The topological polar surface area (TPSA) is 109 Å². The number of pyridine rings is 1. The lowest BCUT2D eigenvalue weighted by Crippen LogP contribution is -2.15. The number of aryl methyl sites for hydroxylation is 1. The Morgan fingerprint density at radius 1 is 1.35 bits per heavy atom. The van der Waals surface area contributed by atoms with Gasteiger partial charge in [0.15, 0.2) is 0 Å². The van der Waals surface area contributed by atoms with E-state index in [0.717, 1.165) is 0 Å². The number of aromatic nitrogens is 1. The van der Waals surface area contributed by atoms with Crippen LogP contribution in [-0.2, 0) is 10.0 Å². The first-order valence-electron chi connectivity index (χ1n) is 5.67. The van der Waals surface area contributed by atoms with E-state index >= 15 is 0 Å². The molecule has 1 aromatic heterocycles. The monoisotopic (exact) mass is 288 g/mol. The van der Waals surface area contributed by atoms with Crippen molar-refractivity contribution in [3.63, 3.8) is 0 Å². The molecule has 1 aromatic carbocycles. The van der Waals surface area contributed by atoms with E-state index in [1.807, 2.05) is 6.07 Å². The quantitative estimate of drug-likeness (QED) is 0.892. The minimum absolute atomic E-state index is 0.0956. The molecule has 0 aliphatic carbocycles. The molecule has 0 aliphatic heterocycles. The fourth-order valence-corrected chi connectivity index (χ4v) is 2.81. The summed E-state index contributed by atoms with van der Waals surface area (Å²) in [5, 5.41) is 8.86. The zero-order valence-electron chi connectivity index (χ0n) is 10.7. The van der Waals surface area contributed by atoms with E-state index in [1.54, 1.807) is 19.1 Å². The van der Waals surface area contributed by atoms with Crippen molar-refractivity contribution in [2.24, 2.45) is 0 Å². The Bertz CT molecular complexity index is 794. The molecule has 0 spiro atoms. The zero-order valence-corrected chi connectivity index (χ0v) is 11.5. The molecule has 2 aromatic rings. The summed E-state index contributed by atoms with van der Waals surface area (Å²) in [4.78, 5) is 3.66. The maximum Gasteiger partial charge on any atom is 0.265 e. The third-order valence-electron chi connectivity index (χ3n) is 2.72. The molecule has 0 atom stereocenters. The molecule has 3 N–H and O–H groups in total. The molecule has 7 heteroatoms. The Morgan fingerprint density at radius 3 is 2.75 bits per heavy atom. The third-order valence-corrected chi connectivity index (χ3v) is 4.13. The highest BCUT2D eigenvalue weighted by molar-refractivity contribution is 7.92. The molecule has 20 heavy (non-hydrogen) atoms. The normalized spacial score (nSPS) is 10.8. The van der Waals surface area contributed by atoms with Crippen LogP contribution in [0.4, 0.5) is 11.4 Å². The van der Waals surface area contributed by atoms with Crippen molar-refractivity contribution in [2.75, 3.05) is 10.5 Å². The van der Waals surface area contributed by atoms with E-state index < -0.39 is 10.0 Å². The Balaban J connectivity index is 2.44. The first-order chi connectivity index (χ1) is 9.44.